The van der Waals surface area contributed by atoms with Crippen molar-refractivity contribution in [2.75, 3.05) is 26.2 Å². The molecule has 0 spiro atoms. The van der Waals surface area contributed by atoms with Crippen LogP contribution in [0, 0.1) is 6.92 Å². The highest BCUT2D eigenvalue weighted by atomic mass is 35.5. The third-order valence-electron chi connectivity index (χ3n) is 3.68. The molecular weight excluding hydrogens is 274 g/mol. The molecule has 0 aromatic heterocycles. The number of piperidine rings is 1. The summed E-state index contributed by atoms with van der Waals surface area (Å²) in [6.45, 7) is 6.86. The maximum Gasteiger partial charge on any atom is 0.180 e. The molecular formula is C16H22ClNO2. The highest BCUT2D eigenvalue weighted by Crippen LogP contribution is 2.27. The van der Waals surface area contributed by atoms with Crippen molar-refractivity contribution in [1.29, 1.82) is 0 Å². The lowest BCUT2D eigenvalue weighted by atomic mass is 10.0. The van der Waals surface area contributed by atoms with E-state index in [4.69, 9.17) is 16.3 Å². The molecule has 110 valence electrons. The van der Waals surface area contributed by atoms with Crippen LogP contribution >= 0.6 is 11.6 Å². The number of rotatable bonds is 5. The van der Waals surface area contributed by atoms with Gasteiger partial charge in [0.25, 0.3) is 0 Å². The average molecular weight is 296 g/mol. The molecule has 0 atom stereocenters. The third-order valence-corrected chi connectivity index (χ3v) is 4.08. The fourth-order valence-electron chi connectivity index (χ4n) is 2.55. The normalized spacial score (nSPS) is 16.1. The number of benzene rings is 1. The zero-order chi connectivity index (χ0) is 14.5. The van der Waals surface area contributed by atoms with E-state index in [-0.39, 0.29) is 5.78 Å². The van der Waals surface area contributed by atoms with Crippen LogP contribution in [0.4, 0.5) is 0 Å². The summed E-state index contributed by atoms with van der Waals surface area (Å²) in [4.78, 5) is 14.7. The molecule has 0 saturated carbocycles. The van der Waals surface area contributed by atoms with Gasteiger partial charge in [-0.3, -0.25) is 9.69 Å². The van der Waals surface area contributed by atoms with Crippen molar-refractivity contribution in [3.8, 4) is 5.75 Å². The minimum absolute atomic E-state index is 0.0947. The van der Waals surface area contributed by atoms with Crippen LogP contribution in [-0.4, -0.2) is 36.9 Å². The number of carbonyl (C=O) groups excluding carboxylic acids is 1. The summed E-state index contributed by atoms with van der Waals surface area (Å²) in [5.41, 5.74) is 1.54. The fourth-order valence-corrected chi connectivity index (χ4v) is 2.72. The van der Waals surface area contributed by atoms with E-state index in [1.54, 1.807) is 6.07 Å². The van der Waals surface area contributed by atoms with Crippen molar-refractivity contribution in [1.82, 2.24) is 4.90 Å². The number of aryl methyl sites for hydroxylation is 1. The Morgan fingerprint density at radius 3 is 2.65 bits per heavy atom. The second-order valence-electron chi connectivity index (χ2n) is 5.29. The highest BCUT2D eigenvalue weighted by molar-refractivity contribution is 6.31. The summed E-state index contributed by atoms with van der Waals surface area (Å²) in [5, 5.41) is 0.621. The van der Waals surface area contributed by atoms with E-state index in [1.807, 2.05) is 19.9 Å². The molecule has 1 aromatic rings. The molecule has 0 unspecified atom stereocenters. The van der Waals surface area contributed by atoms with Crippen molar-refractivity contribution >= 4 is 17.4 Å². The summed E-state index contributed by atoms with van der Waals surface area (Å²) in [6.07, 6.45) is 3.63. The molecule has 4 heteroatoms. The number of Topliss-reactive ketones (excluding diaryl/α,β-unsaturated/α-hetero) is 1. The molecule has 1 fully saturated rings. The first-order valence-corrected chi connectivity index (χ1v) is 7.68. The number of ether oxygens (including phenoxy) is 1. The summed E-state index contributed by atoms with van der Waals surface area (Å²) in [6, 6.07) is 3.60. The largest absolute Gasteiger partial charge is 0.493 e. The third kappa shape index (κ3) is 3.74. The lowest BCUT2D eigenvalue weighted by Gasteiger charge is -2.26. The quantitative estimate of drug-likeness (QED) is 0.776. The molecule has 1 heterocycles. The molecule has 1 aliphatic rings. The molecule has 0 N–H and O–H groups in total. The van der Waals surface area contributed by atoms with E-state index in [2.05, 4.69) is 4.90 Å². The van der Waals surface area contributed by atoms with Gasteiger partial charge in [0.05, 0.1) is 18.7 Å². The van der Waals surface area contributed by atoms with E-state index in [0.717, 1.165) is 18.7 Å². The van der Waals surface area contributed by atoms with Gasteiger partial charge in [-0.2, -0.15) is 0 Å². The smallest absolute Gasteiger partial charge is 0.180 e. The Labute approximate surface area is 125 Å². The van der Waals surface area contributed by atoms with Gasteiger partial charge in [0.1, 0.15) is 5.75 Å². The van der Waals surface area contributed by atoms with Crippen LogP contribution in [0.1, 0.15) is 42.1 Å². The molecule has 0 aliphatic carbocycles. The Bertz CT molecular complexity index is 482. The van der Waals surface area contributed by atoms with Crippen LogP contribution in [0.3, 0.4) is 0 Å². The SMILES string of the molecule is CCOc1cc(C)c(Cl)cc1C(=O)CN1CCCCC1. The summed E-state index contributed by atoms with van der Waals surface area (Å²) in [7, 11) is 0. The minimum atomic E-state index is 0.0947. The number of halogens is 1. The first kappa shape index (κ1) is 15.3. The Morgan fingerprint density at radius 2 is 2.00 bits per heavy atom. The predicted octanol–water partition coefficient (Wildman–Crippen LogP) is 3.72. The molecule has 0 radical (unpaired) electrons. The van der Waals surface area contributed by atoms with E-state index >= 15 is 0 Å². The Balaban J connectivity index is 2.16. The summed E-state index contributed by atoms with van der Waals surface area (Å²) >= 11 is 6.15. The maximum absolute atomic E-state index is 12.5. The van der Waals surface area contributed by atoms with Crippen LogP contribution in [-0.2, 0) is 0 Å². The van der Waals surface area contributed by atoms with Crippen LogP contribution in [0.25, 0.3) is 0 Å². The van der Waals surface area contributed by atoms with Gasteiger partial charge >= 0.3 is 0 Å². The van der Waals surface area contributed by atoms with Crippen molar-refractivity contribution < 1.29 is 9.53 Å². The first-order chi connectivity index (χ1) is 9.61. The van der Waals surface area contributed by atoms with Gasteiger partial charge in [-0.25, -0.2) is 0 Å². The zero-order valence-electron chi connectivity index (χ0n) is 12.2. The van der Waals surface area contributed by atoms with E-state index in [0.29, 0.717) is 29.5 Å². The Morgan fingerprint density at radius 1 is 1.30 bits per heavy atom. The summed E-state index contributed by atoms with van der Waals surface area (Å²) < 4.78 is 5.59. The molecule has 0 bridgehead atoms. The number of ketones is 1. The Hall–Kier alpha value is -1.06. The van der Waals surface area contributed by atoms with E-state index < -0.39 is 0 Å². The van der Waals surface area contributed by atoms with Crippen molar-refractivity contribution in [2.45, 2.75) is 33.1 Å². The monoisotopic (exact) mass is 295 g/mol. The van der Waals surface area contributed by atoms with Crippen molar-refractivity contribution in [3.63, 3.8) is 0 Å². The van der Waals surface area contributed by atoms with Gasteiger partial charge in [0, 0.05) is 5.02 Å². The number of hydrogen-bond acceptors (Lipinski definition) is 3. The molecule has 0 amide bonds. The van der Waals surface area contributed by atoms with E-state index in [1.165, 1.54) is 19.3 Å². The van der Waals surface area contributed by atoms with Crippen LogP contribution in [0.2, 0.25) is 5.02 Å². The Kier molecular flexibility index (Phi) is 5.44. The molecule has 2 rings (SSSR count). The number of nitrogens with zero attached hydrogens (tertiary/aromatic N) is 1. The van der Waals surface area contributed by atoms with Gasteiger partial charge in [-0.15, -0.1) is 0 Å². The van der Waals surface area contributed by atoms with Crippen LogP contribution in [0.5, 0.6) is 5.75 Å². The van der Waals surface area contributed by atoms with Crippen LogP contribution < -0.4 is 4.74 Å². The van der Waals surface area contributed by atoms with Gasteiger partial charge < -0.3 is 4.74 Å². The summed E-state index contributed by atoms with van der Waals surface area (Å²) in [5.74, 6) is 0.744. The first-order valence-electron chi connectivity index (χ1n) is 7.30. The second kappa shape index (κ2) is 7.09. The number of carbonyl (C=O) groups is 1. The van der Waals surface area contributed by atoms with Gasteiger partial charge in [-0.05, 0) is 57.5 Å². The average Bonchev–Trinajstić information content (AvgIpc) is 2.44. The number of hydrogen-bond donors (Lipinski definition) is 0. The molecule has 1 saturated heterocycles. The lowest BCUT2D eigenvalue weighted by molar-refractivity contribution is 0.0912. The van der Waals surface area contributed by atoms with E-state index in [9.17, 15) is 4.79 Å². The van der Waals surface area contributed by atoms with Crippen LogP contribution in [0.15, 0.2) is 12.1 Å². The molecule has 20 heavy (non-hydrogen) atoms. The predicted molar refractivity (Wildman–Crippen MR) is 82.0 cm³/mol. The standard InChI is InChI=1S/C16H22ClNO2/c1-3-20-16-9-12(2)14(17)10-13(16)15(19)11-18-7-5-4-6-8-18/h9-10H,3-8,11H2,1-2H3. The number of likely N-dealkylation sites (tertiary alicyclic amines) is 1. The van der Waals surface area contributed by atoms with Gasteiger partial charge in [0.15, 0.2) is 5.78 Å². The lowest BCUT2D eigenvalue weighted by Crippen LogP contribution is -2.34. The van der Waals surface area contributed by atoms with Crippen molar-refractivity contribution in [2.24, 2.45) is 0 Å². The van der Waals surface area contributed by atoms with Crippen molar-refractivity contribution in [3.05, 3.63) is 28.3 Å². The zero-order valence-corrected chi connectivity index (χ0v) is 13.0. The molecule has 1 aromatic carbocycles. The topological polar surface area (TPSA) is 29.5 Å². The second-order valence-corrected chi connectivity index (χ2v) is 5.70. The maximum atomic E-state index is 12.5. The molecule has 3 nitrogen and oxygen atoms in total. The molecule has 1 aliphatic heterocycles. The minimum Gasteiger partial charge on any atom is -0.493 e. The highest BCUT2D eigenvalue weighted by Gasteiger charge is 2.19. The van der Waals surface area contributed by atoms with Gasteiger partial charge in [0.2, 0.25) is 0 Å². The van der Waals surface area contributed by atoms with Gasteiger partial charge in [-0.1, -0.05) is 18.0 Å². The fraction of sp³-hybridized carbons (Fsp3) is 0.562.